The second-order valence-corrected chi connectivity index (χ2v) is 4.94. The van der Waals surface area contributed by atoms with Crippen molar-refractivity contribution in [1.82, 2.24) is 5.32 Å². The molecule has 1 aromatic heterocycles. The molecule has 2 rings (SSSR count). The highest BCUT2D eigenvalue weighted by Crippen LogP contribution is 2.26. The van der Waals surface area contributed by atoms with Gasteiger partial charge < -0.3 is 10.4 Å². The molecule has 0 spiro atoms. The van der Waals surface area contributed by atoms with Crippen LogP contribution in [-0.4, -0.2) is 23.7 Å². The number of hydrogen-bond donors (Lipinski definition) is 2. The van der Waals surface area contributed by atoms with E-state index in [9.17, 15) is 9.18 Å². The van der Waals surface area contributed by atoms with Crippen LogP contribution >= 0.6 is 11.3 Å². The highest BCUT2D eigenvalue weighted by atomic mass is 32.1. The number of carbonyl (C=O) groups excluding carboxylic acids is 1. The van der Waals surface area contributed by atoms with E-state index in [0.717, 1.165) is 10.1 Å². The predicted octanol–water partition coefficient (Wildman–Crippen LogP) is 2.15. The van der Waals surface area contributed by atoms with E-state index in [1.807, 2.05) is 0 Å². The van der Waals surface area contributed by atoms with Crippen LogP contribution in [0.2, 0.25) is 0 Å². The van der Waals surface area contributed by atoms with Crippen LogP contribution in [-0.2, 0) is 0 Å². The molecule has 0 saturated heterocycles. The Bertz CT molecular complexity index is 550. The minimum absolute atomic E-state index is 0.210. The van der Waals surface area contributed by atoms with Crippen LogP contribution in [0.1, 0.15) is 16.6 Å². The Morgan fingerprint density at radius 3 is 3.00 bits per heavy atom. The normalized spacial score (nSPS) is 12.6. The maximum atomic E-state index is 13.0. The van der Waals surface area contributed by atoms with Crippen molar-refractivity contribution in [2.45, 2.75) is 13.0 Å². The molecule has 0 aliphatic carbocycles. The summed E-state index contributed by atoms with van der Waals surface area (Å²) in [6.07, 6.45) is -0.578. The number of aliphatic hydroxyl groups excluding tert-OH is 1. The summed E-state index contributed by atoms with van der Waals surface area (Å²) in [6, 6.07) is 6.08. The second kappa shape index (κ2) is 4.81. The smallest absolute Gasteiger partial charge is 0.261 e. The SMILES string of the molecule is C[C@@H](O)CNC(=O)c1cc2cc(F)ccc2s1. The van der Waals surface area contributed by atoms with E-state index in [1.165, 1.54) is 23.5 Å². The molecule has 0 saturated carbocycles. The van der Waals surface area contributed by atoms with Crippen LogP contribution in [0, 0.1) is 5.82 Å². The lowest BCUT2D eigenvalue weighted by Crippen LogP contribution is -2.29. The Labute approximate surface area is 102 Å². The molecule has 0 unspecified atom stereocenters. The molecule has 1 heterocycles. The minimum atomic E-state index is -0.578. The zero-order chi connectivity index (χ0) is 12.4. The third-order valence-electron chi connectivity index (χ3n) is 2.26. The van der Waals surface area contributed by atoms with Crippen LogP contribution in [0.25, 0.3) is 10.1 Å². The van der Waals surface area contributed by atoms with Gasteiger partial charge in [0.15, 0.2) is 0 Å². The Kier molecular flexibility index (Phi) is 3.40. The van der Waals surface area contributed by atoms with Crippen molar-refractivity contribution in [3.05, 3.63) is 35.0 Å². The van der Waals surface area contributed by atoms with Crippen molar-refractivity contribution in [2.24, 2.45) is 0 Å². The van der Waals surface area contributed by atoms with E-state index in [2.05, 4.69) is 5.32 Å². The molecule has 1 atom stereocenters. The highest BCUT2D eigenvalue weighted by Gasteiger charge is 2.10. The third kappa shape index (κ3) is 2.81. The van der Waals surface area contributed by atoms with Crippen molar-refractivity contribution >= 4 is 27.3 Å². The molecule has 0 aliphatic rings. The molecule has 2 aromatic rings. The van der Waals surface area contributed by atoms with E-state index in [0.29, 0.717) is 4.88 Å². The van der Waals surface area contributed by atoms with Gasteiger partial charge in [0, 0.05) is 11.2 Å². The first kappa shape index (κ1) is 12.0. The Morgan fingerprint density at radius 1 is 1.53 bits per heavy atom. The first-order valence-corrected chi connectivity index (χ1v) is 6.03. The summed E-state index contributed by atoms with van der Waals surface area (Å²) >= 11 is 1.31. The van der Waals surface area contributed by atoms with Gasteiger partial charge >= 0.3 is 0 Å². The van der Waals surface area contributed by atoms with Crippen molar-refractivity contribution < 1.29 is 14.3 Å². The molecule has 1 amide bonds. The molecule has 0 fully saturated rings. The van der Waals surface area contributed by atoms with E-state index < -0.39 is 6.10 Å². The van der Waals surface area contributed by atoms with Crippen molar-refractivity contribution in [1.29, 1.82) is 0 Å². The van der Waals surface area contributed by atoms with Crippen molar-refractivity contribution in [3.63, 3.8) is 0 Å². The molecular weight excluding hydrogens is 241 g/mol. The topological polar surface area (TPSA) is 49.3 Å². The summed E-state index contributed by atoms with van der Waals surface area (Å²) in [4.78, 5) is 12.2. The van der Waals surface area contributed by atoms with Gasteiger partial charge in [0.25, 0.3) is 5.91 Å². The van der Waals surface area contributed by atoms with Crippen LogP contribution < -0.4 is 5.32 Å². The number of nitrogens with one attached hydrogen (secondary N) is 1. The van der Waals surface area contributed by atoms with Crippen LogP contribution in [0.15, 0.2) is 24.3 Å². The Balaban J connectivity index is 2.21. The number of benzene rings is 1. The lowest BCUT2D eigenvalue weighted by Gasteiger charge is -2.04. The van der Waals surface area contributed by atoms with E-state index in [1.54, 1.807) is 19.1 Å². The number of thiophene rings is 1. The number of aliphatic hydroxyl groups is 1. The van der Waals surface area contributed by atoms with E-state index in [4.69, 9.17) is 5.11 Å². The lowest BCUT2D eigenvalue weighted by atomic mass is 10.2. The quantitative estimate of drug-likeness (QED) is 0.880. The fraction of sp³-hybridized carbons (Fsp3) is 0.250. The fourth-order valence-corrected chi connectivity index (χ4v) is 2.41. The summed E-state index contributed by atoms with van der Waals surface area (Å²) in [7, 11) is 0. The molecule has 0 radical (unpaired) electrons. The molecular formula is C12H12FNO2S. The van der Waals surface area contributed by atoms with Crippen LogP contribution in [0.3, 0.4) is 0 Å². The standard InChI is InChI=1S/C12H12FNO2S/c1-7(15)6-14-12(16)11-5-8-4-9(13)2-3-10(8)17-11/h2-5,7,15H,6H2,1H3,(H,14,16)/t7-/m1/s1. The first-order chi connectivity index (χ1) is 8.06. The predicted molar refractivity (Wildman–Crippen MR) is 65.8 cm³/mol. The molecule has 3 nitrogen and oxygen atoms in total. The molecule has 1 aromatic carbocycles. The number of halogens is 1. The average molecular weight is 253 g/mol. The van der Waals surface area contributed by atoms with Gasteiger partial charge in [-0.3, -0.25) is 4.79 Å². The summed E-state index contributed by atoms with van der Waals surface area (Å²) < 4.78 is 13.8. The summed E-state index contributed by atoms with van der Waals surface area (Å²) in [5, 5.41) is 12.4. The second-order valence-electron chi connectivity index (χ2n) is 3.85. The van der Waals surface area contributed by atoms with Crippen molar-refractivity contribution in [3.8, 4) is 0 Å². The van der Waals surface area contributed by atoms with Gasteiger partial charge in [-0.1, -0.05) is 0 Å². The molecule has 0 aliphatic heterocycles. The molecule has 2 N–H and O–H groups in total. The van der Waals surface area contributed by atoms with Gasteiger partial charge in [-0.05, 0) is 36.6 Å². The molecule has 90 valence electrons. The van der Waals surface area contributed by atoms with Gasteiger partial charge in [0.1, 0.15) is 5.82 Å². The van der Waals surface area contributed by atoms with Gasteiger partial charge in [-0.25, -0.2) is 4.39 Å². The summed E-state index contributed by atoms with van der Waals surface area (Å²) in [5.41, 5.74) is 0. The van der Waals surface area contributed by atoms with Crippen molar-refractivity contribution in [2.75, 3.05) is 6.54 Å². The first-order valence-electron chi connectivity index (χ1n) is 5.21. The van der Waals surface area contributed by atoms with Gasteiger partial charge in [-0.2, -0.15) is 0 Å². The maximum Gasteiger partial charge on any atom is 0.261 e. The number of carbonyl (C=O) groups is 1. The number of hydrogen-bond acceptors (Lipinski definition) is 3. The van der Waals surface area contributed by atoms with Crippen LogP contribution in [0.5, 0.6) is 0 Å². The number of amides is 1. The monoisotopic (exact) mass is 253 g/mol. The number of fused-ring (bicyclic) bond motifs is 1. The third-order valence-corrected chi connectivity index (χ3v) is 3.38. The summed E-state index contributed by atoms with van der Waals surface area (Å²) in [5.74, 6) is -0.557. The van der Waals surface area contributed by atoms with Gasteiger partial charge in [-0.15, -0.1) is 11.3 Å². The fourth-order valence-electron chi connectivity index (χ4n) is 1.45. The largest absolute Gasteiger partial charge is 0.392 e. The maximum absolute atomic E-state index is 13.0. The summed E-state index contributed by atoms with van der Waals surface area (Å²) in [6.45, 7) is 1.81. The lowest BCUT2D eigenvalue weighted by molar-refractivity contribution is 0.0928. The molecule has 17 heavy (non-hydrogen) atoms. The minimum Gasteiger partial charge on any atom is -0.392 e. The zero-order valence-electron chi connectivity index (χ0n) is 9.24. The number of rotatable bonds is 3. The average Bonchev–Trinajstić information content (AvgIpc) is 2.68. The van der Waals surface area contributed by atoms with Gasteiger partial charge in [0.2, 0.25) is 0 Å². The molecule has 0 bridgehead atoms. The van der Waals surface area contributed by atoms with E-state index in [-0.39, 0.29) is 18.3 Å². The van der Waals surface area contributed by atoms with Gasteiger partial charge in [0.05, 0.1) is 11.0 Å². The Morgan fingerprint density at radius 2 is 2.29 bits per heavy atom. The highest BCUT2D eigenvalue weighted by molar-refractivity contribution is 7.20. The molecule has 5 heteroatoms. The Hall–Kier alpha value is -1.46. The van der Waals surface area contributed by atoms with E-state index >= 15 is 0 Å². The van der Waals surface area contributed by atoms with Crippen LogP contribution in [0.4, 0.5) is 4.39 Å². The zero-order valence-corrected chi connectivity index (χ0v) is 10.1.